The summed E-state index contributed by atoms with van der Waals surface area (Å²) < 4.78 is 72.7. The molecule has 0 spiro atoms. The molecule has 2 aromatic carbocycles. The standard InChI is InChI=1S/C20H15F3N4O3S/c1-24-31(28,29)15-7-8-18(30-14-5-3-13(4-6-14)20(21,22)23)16(11-15)17-12-26-19-25-9-2-10-27(17)19/h2-12,24H,1H3. The smallest absolute Gasteiger partial charge is 0.416 e. The average molecular weight is 448 g/mol. The number of hydrogen-bond acceptors (Lipinski definition) is 5. The predicted molar refractivity (Wildman–Crippen MR) is 106 cm³/mol. The van der Waals surface area contributed by atoms with E-state index in [4.69, 9.17) is 4.74 Å². The second kappa shape index (κ2) is 7.67. The molecule has 31 heavy (non-hydrogen) atoms. The fourth-order valence-corrected chi connectivity index (χ4v) is 3.71. The van der Waals surface area contributed by atoms with Gasteiger partial charge in [-0.25, -0.2) is 23.1 Å². The zero-order valence-corrected chi connectivity index (χ0v) is 16.8. The molecule has 0 atom stereocenters. The molecule has 2 heterocycles. The van der Waals surface area contributed by atoms with Crippen molar-refractivity contribution < 1.29 is 26.3 Å². The van der Waals surface area contributed by atoms with Gasteiger partial charge in [-0.2, -0.15) is 13.2 Å². The largest absolute Gasteiger partial charge is 0.457 e. The van der Waals surface area contributed by atoms with Crippen molar-refractivity contribution in [1.29, 1.82) is 0 Å². The van der Waals surface area contributed by atoms with Gasteiger partial charge in [-0.3, -0.25) is 4.40 Å². The number of sulfonamides is 1. The summed E-state index contributed by atoms with van der Waals surface area (Å²) in [6.45, 7) is 0. The fourth-order valence-electron chi connectivity index (χ4n) is 2.95. The summed E-state index contributed by atoms with van der Waals surface area (Å²) in [5, 5.41) is 0. The highest BCUT2D eigenvalue weighted by Crippen LogP contribution is 2.36. The van der Waals surface area contributed by atoms with Crippen LogP contribution in [-0.2, 0) is 16.2 Å². The molecule has 0 bridgehead atoms. The summed E-state index contributed by atoms with van der Waals surface area (Å²) in [4.78, 5) is 8.32. The van der Waals surface area contributed by atoms with E-state index >= 15 is 0 Å². The minimum atomic E-state index is -4.46. The normalized spacial score (nSPS) is 12.3. The van der Waals surface area contributed by atoms with Gasteiger partial charge in [0.2, 0.25) is 15.8 Å². The van der Waals surface area contributed by atoms with E-state index < -0.39 is 21.8 Å². The first-order valence-corrected chi connectivity index (χ1v) is 10.4. The van der Waals surface area contributed by atoms with Crippen LogP contribution in [0.5, 0.6) is 11.5 Å². The Morgan fingerprint density at radius 2 is 1.81 bits per heavy atom. The second-order valence-electron chi connectivity index (χ2n) is 6.42. The lowest BCUT2D eigenvalue weighted by molar-refractivity contribution is -0.137. The number of benzene rings is 2. The van der Waals surface area contributed by atoms with E-state index in [0.29, 0.717) is 17.0 Å². The quantitative estimate of drug-likeness (QED) is 0.497. The maximum Gasteiger partial charge on any atom is 0.416 e. The predicted octanol–water partition coefficient (Wildman–Crippen LogP) is 4.12. The summed E-state index contributed by atoms with van der Waals surface area (Å²) in [5.74, 6) is 0.783. The summed E-state index contributed by atoms with van der Waals surface area (Å²) in [7, 11) is -2.46. The van der Waals surface area contributed by atoms with E-state index in [0.717, 1.165) is 12.1 Å². The van der Waals surface area contributed by atoms with Crippen LogP contribution in [0.15, 0.2) is 72.0 Å². The van der Waals surface area contributed by atoms with Gasteiger partial charge < -0.3 is 4.74 Å². The van der Waals surface area contributed by atoms with Crippen LogP contribution in [-0.4, -0.2) is 29.8 Å². The molecule has 0 fully saturated rings. The molecular weight excluding hydrogens is 433 g/mol. The fraction of sp³-hybridized carbons (Fsp3) is 0.100. The van der Waals surface area contributed by atoms with Crippen LogP contribution in [0.1, 0.15) is 5.56 Å². The van der Waals surface area contributed by atoms with Crippen molar-refractivity contribution in [3.63, 3.8) is 0 Å². The maximum atomic E-state index is 12.8. The molecule has 0 saturated carbocycles. The van der Waals surface area contributed by atoms with Crippen molar-refractivity contribution in [2.24, 2.45) is 0 Å². The van der Waals surface area contributed by atoms with Crippen molar-refractivity contribution in [1.82, 2.24) is 19.1 Å². The summed E-state index contributed by atoms with van der Waals surface area (Å²) in [5.41, 5.74) is 0.0679. The number of halogens is 3. The van der Waals surface area contributed by atoms with Crippen LogP contribution >= 0.6 is 0 Å². The Kier molecular flexibility index (Phi) is 5.15. The van der Waals surface area contributed by atoms with Crippen molar-refractivity contribution in [2.45, 2.75) is 11.1 Å². The lowest BCUT2D eigenvalue weighted by Gasteiger charge is -2.14. The van der Waals surface area contributed by atoms with Gasteiger partial charge in [0.05, 0.1) is 22.3 Å². The van der Waals surface area contributed by atoms with Gasteiger partial charge >= 0.3 is 6.18 Å². The molecule has 7 nitrogen and oxygen atoms in total. The van der Waals surface area contributed by atoms with E-state index in [2.05, 4.69) is 14.7 Å². The number of aromatic nitrogens is 3. The summed E-state index contributed by atoms with van der Waals surface area (Å²) >= 11 is 0. The van der Waals surface area contributed by atoms with Crippen LogP contribution in [0, 0.1) is 0 Å². The van der Waals surface area contributed by atoms with Gasteiger partial charge in [0.15, 0.2) is 0 Å². The number of rotatable bonds is 5. The molecule has 0 unspecified atom stereocenters. The van der Waals surface area contributed by atoms with Crippen LogP contribution < -0.4 is 9.46 Å². The molecule has 11 heteroatoms. The number of ether oxygens (including phenoxy) is 1. The Morgan fingerprint density at radius 3 is 2.48 bits per heavy atom. The highest BCUT2D eigenvalue weighted by Gasteiger charge is 2.30. The topological polar surface area (TPSA) is 85.6 Å². The minimum absolute atomic E-state index is 0.0105. The molecule has 160 valence electrons. The SMILES string of the molecule is CNS(=O)(=O)c1ccc(Oc2ccc(C(F)(F)F)cc2)c(-c2cnc3ncccn23)c1. The zero-order valence-electron chi connectivity index (χ0n) is 16.0. The third kappa shape index (κ3) is 4.09. The van der Waals surface area contributed by atoms with Gasteiger partial charge in [0.25, 0.3) is 0 Å². The highest BCUT2D eigenvalue weighted by atomic mass is 32.2. The Morgan fingerprint density at radius 1 is 1.06 bits per heavy atom. The van der Waals surface area contributed by atoms with E-state index in [1.165, 1.54) is 43.6 Å². The van der Waals surface area contributed by atoms with E-state index in [9.17, 15) is 21.6 Å². The number of imidazole rings is 1. The number of alkyl halides is 3. The van der Waals surface area contributed by atoms with Crippen molar-refractivity contribution >= 4 is 15.8 Å². The molecule has 2 aromatic heterocycles. The van der Waals surface area contributed by atoms with Gasteiger partial charge in [0.1, 0.15) is 11.5 Å². The van der Waals surface area contributed by atoms with Gasteiger partial charge in [0, 0.05) is 18.0 Å². The molecule has 0 aliphatic rings. The first-order chi connectivity index (χ1) is 14.7. The maximum absolute atomic E-state index is 12.8. The number of nitrogens with one attached hydrogen (secondary N) is 1. The van der Waals surface area contributed by atoms with Crippen LogP contribution in [0.4, 0.5) is 13.2 Å². The van der Waals surface area contributed by atoms with E-state index in [1.807, 2.05) is 0 Å². The third-order valence-electron chi connectivity index (χ3n) is 4.50. The lowest BCUT2D eigenvalue weighted by atomic mass is 10.1. The first-order valence-electron chi connectivity index (χ1n) is 8.90. The molecule has 4 rings (SSSR count). The summed E-state index contributed by atoms with van der Waals surface area (Å²) in [6, 6.07) is 10.1. The van der Waals surface area contributed by atoms with E-state index in [-0.39, 0.29) is 16.4 Å². The third-order valence-corrected chi connectivity index (χ3v) is 5.92. The van der Waals surface area contributed by atoms with Gasteiger partial charge in [-0.05, 0) is 55.6 Å². The molecule has 0 aliphatic carbocycles. The number of hydrogen-bond donors (Lipinski definition) is 1. The minimum Gasteiger partial charge on any atom is -0.457 e. The number of nitrogens with zero attached hydrogens (tertiary/aromatic N) is 3. The van der Waals surface area contributed by atoms with Crippen molar-refractivity contribution in [3.05, 3.63) is 72.7 Å². The number of fused-ring (bicyclic) bond motifs is 1. The monoisotopic (exact) mass is 448 g/mol. The Balaban J connectivity index is 1.82. The lowest BCUT2D eigenvalue weighted by Crippen LogP contribution is -2.18. The van der Waals surface area contributed by atoms with Gasteiger partial charge in [-0.15, -0.1) is 0 Å². The van der Waals surface area contributed by atoms with Gasteiger partial charge in [-0.1, -0.05) is 0 Å². The second-order valence-corrected chi connectivity index (χ2v) is 8.31. The Labute approximate surface area is 175 Å². The molecule has 4 aromatic rings. The van der Waals surface area contributed by atoms with Crippen molar-refractivity contribution in [2.75, 3.05) is 7.05 Å². The average Bonchev–Trinajstić information content (AvgIpc) is 3.18. The van der Waals surface area contributed by atoms with Crippen molar-refractivity contribution in [3.8, 4) is 22.8 Å². The highest BCUT2D eigenvalue weighted by molar-refractivity contribution is 7.89. The molecule has 0 amide bonds. The zero-order chi connectivity index (χ0) is 22.2. The van der Waals surface area contributed by atoms with Crippen LogP contribution in [0.3, 0.4) is 0 Å². The molecule has 0 aliphatic heterocycles. The Hall–Kier alpha value is -3.44. The molecule has 0 saturated heterocycles. The first kappa shape index (κ1) is 20.8. The summed E-state index contributed by atoms with van der Waals surface area (Å²) in [6.07, 6.45) is 0.308. The molecule has 0 radical (unpaired) electrons. The molecular formula is C20H15F3N4O3S. The van der Waals surface area contributed by atoms with E-state index in [1.54, 1.807) is 22.9 Å². The van der Waals surface area contributed by atoms with Crippen LogP contribution in [0.2, 0.25) is 0 Å². The molecule has 1 N–H and O–H groups in total. The Bertz CT molecular complexity index is 1350. The van der Waals surface area contributed by atoms with Crippen LogP contribution in [0.25, 0.3) is 17.0 Å².